The smallest absolute Gasteiger partial charge is 0.0894 e. The Labute approximate surface area is 156 Å². The first-order valence-corrected chi connectivity index (χ1v) is 9.95. The normalized spacial score (nSPS) is 13.0. The average Bonchev–Trinajstić information content (AvgIpc) is 2.58. The second kappa shape index (κ2) is 25.8. The monoisotopic (exact) mass is 362 g/mol. The summed E-state index contributed by atoms with van der Waals surface area (Å²) in [4.78, 5) is 0. The summed E-state index contributed by atoms with van der Waals surface area (Å²) in [7, 11) is 0. The number of allylic oxidation sites excluding steroid dienone is 1. The molecule has 0 fully saturated rings. The molecule has 8 N–H and O–H groups in total. The highest BCUT2D eigenvalue weighted by Crippen LogP contribution is 2.12. The second-order valence-electron chi connectivity index (χ2n) is 6.41. The van der Waals surface area contributed by atoms with E-state index in [1.807, 2.05) is 6.08 Å². The summed E-state index contributed by atoms with van der Waals surface area (Å²) in [6, 6.07) is -0.557. The van der Waals surface area contributed by atoms with E-state index < -0.39 is 12.1 Å². The first-order valence-electron chi connectivity index (χ1n) is 9.95. The molecule has 0 aliphatic heterocycles. The lowest BCUT2D eigenvalue weighted by molar-refractivity contribution is 0.144. The molecule has 0 rings (SSSR count). The predicted octanol–water partition coefficient (Wildman–Crippen LogP) is 4.08. The van der Waals surface area contributed by atoms with Gasteiger partial charge in [0.25, 0.3) is 0 Å². The average molecular weight is 363 g/mol. The highest BCUT2D eigenvalue weighted by atomic mass is 16.3. The van der Waals surface area contributed by atoms with Gasteiger partial charge in [-0.2, -0.15) is 0 Å². The van der Waals surface area contributed by atoms with Gasteiger partial charge in [-0.25, -0.2) is 0 Å². The number of rotatable bonds is 15. The van der Waals surface area contributed by atoms with Gasteiger partial charge < -0.3 is 27.2 Å². The number of hydrogen-bond acceptors (Lipinski definition) is 5. The van der Waals surface area contributed by atoms with Gasteiger partial charge >= 0.3 is 0 Å². The van der Waals surface area contributed by atoms with Crippen molar-refractivity contribution in [2.24, 2.45) is 5.73 Å². The number of aliphatic hydroxyl groups excluding tert-OH is 3. The van der Waals surface area contributed by atoms with Gasteiger partial charge in [0.15, 0.2) is 0 Å². The molecule has 0 aromatic heterocycles. The van der Waals surface area contributed by atoms with Crippen LogP contribution in [0.4, 0.5) is 0 Å². The second-order valence-corrected chi connectivity index (χ2v) is 6.41. The standard InChI is InChI=1S/C18H37NO2.C2H6O.H3N/c1-2-3-4-5-6-7-8-9-10-11-12-13-14-15-18(21)17(19)16-20;1-2-3;/h14-15,17-18,20-21H,2-13,16,19H2,1H3;3H,2H2,1H3;1H3/b15-14+;;/t17-,18+;;/m0../s1. The Morgan fingerprint density at radius 2 is 1.20 bits per heavy atom. The maximum atomic E-state index is 9.52. The minimum Gasteiger partial charge on any atom is -0.397 e. The zero-order valence-electron chi connectivity index (χ0n) is 16.8. The zero-order valence-corrected chi connectivity index (χ0v) is 16.8. The Morgan fingerprint density at radius 3 is 1.60 bits per heavy atom. The summed E-state index contributed by atoms with van der Waals surface area (Å²) in [5, 5.41) is 25.9. The quantitative estimate of drug-likeness (QED) is 0.222. The van der Waals surface area contributed by atoms with E-state index >= 15 is 0 Å². The summed E-state index contributed by atoms with van der Waals surface area (Å²) in [5.41, 5.74) is 5.51. The van der Waals surface area contributed by atoms with Crippen LogP contribution < -0.4 is 11.9 Å². The van der Waals surface area contributed by atoms with Gasteiger partial charge in [0.1, 0.15) is 0 Å². The molecule has 25 heavy (non-hydrogen) atoms. The lowest BCUT2D eigenvalue weighted by Gasteiger charge is -2.11. The Kier molecular flexibility index (Phi) is 30.2. The van der Waals surface area contributed by atoms with Crippen LogP contribution in [0.5, 0.6) is 0 Å². The highest BCUT2D eigenvalue weighted by molar-refractivity contribution is 4.93. The Bertz CT molecular complexity index is 251. The number of aliphatic hydroxyl groups is 3. The molecule has 5 heteroatoms. The van der Waals surface area contributed by atoms with Crippen molar-refractivity contribution in [2.75, 3.05) is 13.2 Å². The molecular formula is C20H46N2O3. The third-order valence-electron chi connectivity index (χ3n) is 3.96. The first-order chi connectivity index (χ1) is 11.6. The van der Waals surface area contributed by atoms with Crippen molar-refractivity contribution >= 4 is 0 Å². The first kappa shape index (κ1) is 29.3. The van der Waals surface area contributed by atoms with Gasteiger partial charge in [0.2, 0.25) is 0 Å². The van der Waals surface area contributed by atoms with E-state index in [1.165, 1.54) is 70.6 Å². The summed E-state index contributed by atoms with van der Waals surface area (Å²) in [6.45, 7) is 4.01. The zero-order chi connectivity index (χ0) is 18.5. The van der Waals surface area contributed by atoms with E-state index in [1.54, 1.807) is 13.0 Å². The van der Waals surface area contributed by atoms with Crippen LogP contribution in [-0.2, 0) is 0 Å². The third-order valence-corrected chi connectivity index (χ3v) is 3.96. The number of unbranched alkanes of at least 4 members (excludes halogenated alkanes) is 11. The third kappa shape index (κ3) is 25.9. The molecule has 0 heterocycles. The molecule has 5 nitrogen and oxygen atoms in total. The van der Waals surface area contributed by atoms with Gasteiger partial charge in [0.05, 0.1) is 18.8 Å². The molecule has 0 aliphatic carbocycles. The molecule has 0 amide bonds. The summed E-state index contributed by atoms with van der Waals surface area (Å²) >= 11 is 0. The topological polar surface area (TPSA) is 122 Å². The molecule has 0 saturated heterocycles. The summed E-state index contributed by atoms with van der Waals surface area (Å²) < 4.78 is 0. The Morgan fingerprint density at radius 1 is 0.800 bits per heavy atom. The number of hydrogen-bond donors (Lipinski definition) is 5. The van der Waals surface area contributed by atoms with Crippen molar-refractivity contribution in [3.8, 4) is 0 Å². The molecule has 0 aliphatic rings. The molecule has 2 atom stereocenters. The van der Waals surface area contributed by atoms with Crippen LogP contribution in [0, 0.1) is 0 Å². The largest absolute Gasteiger partial charge is 0.397 e. The van der Waals surface area contributed by atoms with Crippen LogP contribution in [0.15, 0.2) is 12.2 Å². The Hall–Kier alpha value is -0.460. The predicted molar refractivity (Wildman–Crippen MR) is 109 cm³/mol. The van der Waals surface area contributed by atoms with E-state index in [0.717, 1.165) is 6.42 Å². The van der Waals surface area contributed by atoms with Crippen LogP contribution in [-0.4, -0.2) is 40.7 Å². The van der Waals surface area contributed by atoms with Gasteiger partial charge in [-0.05, 0) is 19.8 Å². The van der Waals surface area contributed by atoms with Gasteiger partial charge in [-0.1, -0.05) is 83.3 Å². The van der Waals surface area contributed by atoms with E-state index in [2.05, 4.69) is 6.92 Å². The van der Waals surface area contributed by atoms with E-state index in [-0.39, 0.29) is 19.4 Å². The van der Waals surface area contributed by atoms with Crippen molar-refractivity contribution in [3.05, 3.63) is 12.2 Å². The fourth-order valence-corrected chi connectivity index (χ4v) is 2.41. The van der Waals surface area contributed by atoms with Crippen molar-refractivity contribution in [1.82, 2.24) is 6.15 Å². The Balaban J connectivity index is -0.00000112. The molecular weight excluding hydrogens is 316 g/mol. The van der Waals surface area contributed by atoms with Crippen LogP contribution >= 0.6 is 0 Å². The molecule has 154 valence electrons. The van der Waals surface area contributed by atoms with Crippen LogP contribution in [0.3, 0.4) is 0 Å². The molecule has 0 unspecified atom stereocenters. The van der Waals surface area contributed by atoms with E-state index in [4.69, 9.17) is 15.9 Å². The van der Waals surface area contributed by atoms with Crippen LogP contribution in [0.1, 0.15) is 90.9 Å². The van der Waals surface area contributed by atoms with Gasteiger partial charge in [-0.15, -0.1) is 0 Å². The summed E-state index contributed by atoms with van der Waals surface area (Å²) in [5.74, 6) is 0. The fourth-order valence-electron chi connectivity index (χ4n) is 2.41. The van der Waals surface area contributed by atoms with Crippen molar-refractivity contribution < 1.29 is 15.3 Å². The van der Waals surface area contributed by atoms with Crippen LogP contribution in [0.2, 0.25) is 0 Å². The summed E-state index contributed by atoms with van der Waals surface area (Å²) in [6.07, 6.45) is 18.8. The fraction of sp³-hybridized carbons (Fsp3) is 0.900. The maximum Gasteiger partial charge on any atom is 0.0894 e. The lowest BCUT2D eigenvalue weighted by atomic mass is 10.0. The van der Waals surface area contributed by atoms with Gasteiger partial charge in [-0.3, -0.25) is 0 Å². The molecule has 0 spiro atoms. The van der Waals surface area contributed by atoms with E-state index in [0.29, 0.717) is 0 Å². The highest BCUT2D eigenvalue weighted by Gasteiger charge is 2.08. The van der Waals surface area contributed by atoms with Gasteiger partial charge in [0, 0.05) is 6.61 Å². The molecule has 0 bridgehead atoms. The van der Waals surface area contributed by atoms with Crippen molar-refractivity contribution in [2.45, 2.75) is 103 Å². The maximum absolute atomic E-state index is 9.52. The lowest BCUT2D eigenvalue weighted by Crippen LogP contribution is -2.36. The minimum absolute atomic E-state index is 0. The molecule has 0 radical (unpaired) electrons. The SMILES string of the molecule is CCCCCCCCCCCCC/C=C/[C@@H](O)[C@@H](N)CO.CCO.N. The molecule has 0 aromatic rings. The minimum atomic E-state index is -0.720. The molecule has 0 saturated carbocycles. The van der Waals surface area contributed by atoms with Crippen molar-refractivity contribution in [3.63, 3.8) is 0 Å². The molecule has 0 aromatic carbocycles. The van der Waals surface area contributed by atoms with Crippen LogP contribution in [0.25, 0.3) is 0 Å². The van der Waals surface area contributed by atoms with Crippen molar-refractivity contribution in [1.29, 1.82) is 0 Å². The van der Waals surface area contributed by atoms with E-state index in [9.17, 15) is 5.11 Å². The number of nitrogens with two attached hydrogens (primary N) is 1.